The number of halogens is 1. The molecular weight excluding hydrogens is 468 g/mol. The molecule has 180 valence electrons. The van der Waals surface area contributed by atoms with Crippen molar-refractivity contribution >= 4 is 52.5 Å². The highest BCUT2D eigenvalue weighted by Crippen LogP contribution is 2.40. The molecule has 0 fully saturated rings. The number of nitrogens with one attached hydrogen (secondary N) is 3. The van der Waals surface area contributed by atoms with Gasteiger partial charge in [0.05, 0.1) is 29.7 Å². The lowest BCUT2D eigenvalue weighted by atomic mass is 10.1. The molecule has 0 aliphatic carbocycles. The van der Waals surface area contributed by atoms with Crippen molar-refractivity contribution in [1.82, 2.24) is 5.32 Å². The van der Waals surface area contributed by atoms with Crippen molar-refractivity contribution in [2.24, 2.45) is 0 Å². The number of benzene rings is 2. The average Bonchev–Trinajstić information content (AvgIpc) is 2.88. The van der Waals surface area contributed by atoms with Crippen LogP contribution in [0.1, 0.15) is 23.2 Å². The highest BCUT2D eigenvalue weighted by molar-refractivity contribution is 6.34. The van der Waals surface area contributed by atoms with E-state index < -0.39 is 29.9 Å². The van der Waals surface area contributed by atoms with Gasteiger partial charge in [-0.05, 0) is 30.7 Å². The van der Waals surface area contributed by atoms with Gasteiger partial charge in [-0.1, -0.05) is 17.7 Å². The summed E-state index contributed by atoms with van der Waals surface area (Å²) in [4.78, 5) is 50.1. The Hall–Kier alpha value is -3.99. The Morgan fingerprint density at radius 3 is 2.59 bits per heavy atom. The summed E-state index contributed by atoms with van der Waals surface area (Å²) in [5.41, 5.74) is 0.769. The van der Waals surface area contributed by atoms with Crippen LogP contribution in [0.25, 0.3) is 0 Å². The molecule has 34 heavy (non-hydrogen) atoms. The quantitative estimate of drug-likeness (QED) is 0.432. The van der Waals surface area contributed by atoms with Crippen LogP contribution in [0.4, 0.5) is 21.9 Å². The van der Waals surface area contributed by atoms with E-state index in [0.717, 1.165) is 0 Å². The minimum absolute atomic E-state index is 0.00336. The van der Waals surface area contributed by atoms with Gasteiger partial charge in [-0.15, -0.1) is 0 Å². The van der Waals surface area contributed by atoms with Crippen molar-refractivity contribution in [1.29, 1.82) is 0 Å². The summed E-state index contributed by atoms with van der Waals surface area (Å²) in [5, 5.41) is 16.9. The molecule has 0 aromatic heterocycles. The summed E-state index contributed by atoms with van der Waals surface area (Å²) >= 11 is 6.44. The molecule has 11 nitrogen and oxygen atoms in total. The maximum Gasteiger partial charge on any atom is 0.409 e. The largest absolute Gasteiger partial charge is 0.469 e. The lowest BCUT2D eigenvalue weighted by molar-refractivity contribution is -0.140. The molecule has 0 radical (unpaired) electrons. The van der Waals surface area contributed by atoms with Gasteiger partial charge in [-0.2, -0.15) is 0 Å². The first-order valence-corrected chi connectivity index (χ1v) is 10.5. The lowest BCUT2D eigenvalue weighted by Crippen LogP contribution is -2.41. The first-order chi connectivity index (χ1) is 16.1. The van der Waals surface area contributed by atoms with Gasteiger partial charge in [0, 0.05) is 20.5 Å². The number of carboxylic acid groups (broad SMARTS) is 1. The standard InChI is InChI=1S/C22H23ClN4O7/c1-27(2)15-5-4-6-16(19(15)23)34-17-9-11-13(10-14(17)26-22(31)32)25-21(30)12(24-20(11)29)7-8-18(28)33-3/h4-6,9-10,12,26H,7-8H2,1-3H3,(H,24,29)(H,25,30)(H,31,32)/t12-/m1/s1. The highest BCUT2D eigenvalue weighted by Gasteiger charge is 2.30. The Morgan fingerprint density at radius 2 is 1.94 bits per heavy atom. The summed E-state index contributed by atoms with van der Waals surface area (Å²) < 4.78 is 10.5. The maximum atomic E-state index is 12.9. The Morgan fingerprint density at radius 1 is 1.21 bits per heavy atom. The first kappa shape index (κ1) is 24.6. The van der Waals surface area contributed by atoms with Gasteiger partial charge in [0.2, 0.25) is 5.91 Å². The second-order valence-corrected chi connectivity index (χ2v) is 7.92. The van der Waals surface area contributed by atoms with E-state index in [0.29, 0.717) is 5.69 Å². The van der Waals surface area contributed by atoms with Crippen molar-refractivity contribution in [3.63, 3.8) is 0 Å². The van der Waals surface area contributed by atoms with E-state index >= 15 is 0 Å². The van der Waals surface area contributed by atoms with E-state index in [1.54, 1.807) is 37.2 Å². The van der Waals surface area contributed by atoms with Gasteiger partial charge in [-0.3, -0.25) is 19.7 Å². The fourth-order valence-corrected chi connectivity index (χ4v) is 3.63. The number of fused-ring (bicyclic) bond motifs is 1. The number of esters is 1. The third-order valence-corrected chi connectivity index (χ3v) is 5.37. The van der Waals surface area contributed by atoms with Crippen LogP contribution >= 0.6 is 11.6 Å². The molecule has 1 aliphatic heterocycles. The molecule has 1 aliphatic rings. The number of ether oxygens (including phenoxy) is 2. The molecule has 12 heteroatoms. The van der Waals surface area contributed by atoms with Gasteiger partial charge in [-0.25, -0.2) is 4.79 Å². The van der Waals surface area contributed by atoms with Crippen molar-refractivity contribution in [3.05, 3.63) is 40.9 Å². The number of rotatable bonds is 7. The second kappa shape index (κ2) is 10.3. The molecule has 0 unspecified atom stereocenters. The van der Waals surface area contributed by atoms with Crippen molar-refractivity contribution < 1.29 is 33.8 Å². The van der Waals surface area contributed by atoms with Gasteiger partial charge < -0.3 is 30.1 Å². The summed E-state index contributed by atoms with van der Waals surface area (Å²) in [6.45, 7) is 0. The minimum atomic E-state index is -1.38. The molecule has 1 heterocycles. The van der Waals surface area contributed by atoms with Gasteiger partial charge >= 0.3 is 12.1 Å². The van der Waals surface area contributed by atoms with Gasteiger partial charge in [0.15, 0.2) is 5.75 Å². The van der Waals surface area contributed by atoms with Crippen LogP contribution in [-0.2, 0) is 14.3 Å². The summed E-state index contributed by atoms with van der Waals surface area (Å²) in [6.07, 6.45) is -1.43. The molecule has 3 rings (SSSR count). The Balaban J connectivity index is 1.99. The molecule has 2 aromatic carbocycles. The van der Waals surface area contributed by atoms with Crippen LogP contribution in [0.2, 0.25) is 5.02 Å². The third-order valence-electron chi connectivity index (χ3n) is 5.00. The normalized spacial score (nSPS) is 14.8. The topological polar surface area (TPSA) is 146 Å². The predicted molar refractivity (Wildman–Crippen MR) is 125 cm³/mol. The van der Waals surface area contributed by atoms with Crippen LogP contribution in [0, 0.1) is 0 Å². The van der Waals surface area contributed by atoms with Crippen LogP contribution in [0.15, 0.2) is 30.3 Å². The molecule has 0 spiro atoms. The summed E-state index contributed by atoms with van der Waals surface area (Å²) in [6, 6.07) is 6.67. The Kier molecular flexibility index (Phi) is 7.47. The second-order valence-electron chi connectivity index (χ2n) is 7.54. The molecule has 0 saturated carbocycles. The summed E-state index contributed by atoms with van der Waals surface area (Å²) in [7, 11) is 4.83. The molecular formula is C22H23ClN4O7. The Bertz CT molecular complexity index is 1150. The van der Waals surface area contributed by atoms with E-state index in [4.69, 9.17) is 16.3 Å². The highest BCUT2D eigenvalue weighted by atomic mass is 35.5. The van der Waals surface area contributed by atoms with E-state index in [9.17, 15) is 24.3 Å². The monoisotopic (exact) mass is 490 g/mol. The molecule has 0 bridgehead atoms. The van der Waals surface area contributed by atoms with Gasteiger partial charge in [0.1, 0.15) is 16.8 Å². The smallest absolute Gasteiger partial charge is 0.409 e. The maximum absolute atomic E-state index is 12.9. The summed E-state index contributed by atoms with van der Waals surface area (Å²) in [5.74, 6) is -1.47. The van der Waals surface area contributed by atoms with E-state index in [1.807, 2.05) is 0 Å². The van der Waals surface area contributed by atoms with Crippen LogP contribution in [0.5, 0.6) is 11.5 Å². The SMILES string of the molecule is COC(=O)CC[C@H]1NC(=O)c2cc(Oc3cccc(N(C)C)c3Cl)c(NC(=O)O)cc2NC1=O. The van der Waals surface area contributed by atoms with Crippen molar-refractivity contribution in [2.45, 2.75) is 18.9 Å². The zero-order valence-electron chi connectivity index (χ0n) is 18.6. The van der Waals surface area contributed by atoms with Crippen molar-refractivity contribution in [2.75, 3.05) is 36.7 Å². The van der Waals surface area contributed by atoms with E-state index in [-0.39, 0.29) is 46.3 Å². The average molecular weight is 491 g/mol. The Labute approximate surface area is 200 Å². The molecule has 2 aromatic rings. The fraction of sp³-hybridized carbons (Fsp3) is 0.273. The number of methoxy groups -OCH3 is 1. The number of hydrogen-bond donors (Lipinski definition) is 4. The molecule has 0 saturated heterocycles. The molecule has 3 amide bonds. The zero-order valence-corrected chi connectivity index (χ0v) is 19.4. The number of amides is 3. The number of carbonyl (C=O) groups is 4. The van der Waals surface area contributed by atoms with Crippen LogP contribution < -0.4 is 25.6 Å². The number of hydrogen-bond acceptors (Lipinski definition) is 7. The fourth-order valence-electron chi connectivity index (χ4n) is 3.30. The first-order valence-electron chi connectivity index (χ1n) is 10.1. The van der Waals surface area contributed by atoms with E-state index in [2.05, 4.69) is 20.7 Å². The number of carbonyl (C=O) groups excluding carboxylic acids is 3. The molecule has 4 N–H and O–H groups in total. The van der Waals surface area contributed by atoms with Crippen molar-refractivity contribution in [3.8, 4) is 11.5 Å². The third kappa shape index (κ3) is 5.49. The van der Waals surface area contributed by atoms with Crippen LogP contribution in [0.3, 0.4) is 0 Å². The zero-order chi connectivity index (χ0) is 25.0. The van der Waals surface area contributed by atoms with Gasteiger partial charge in [0.25, 0.3) is 5.91 Å². The van der Waals surface area contributed by atoms with E-state index in [1.165, 1.54) is 19.2 Å². The predicted octanol–water partition coefficient (Wildman–Crippen LogP) is 3.29. The number of anilines is 3. The number of nitrogens with zero attached hydrogens (tertiary/aromatic N) is 1. The lowest BCUT2D eigenvalue weighted by Gasteiger charge is -2.19. The minimum Gasteiger partial charge on any atom is -0.469 e. The van der Waals surface area contributed by atoms with Crippen LogP contribution in [-0.4, -0.2) is 56.2 Å². The molecule has 1 atom stereocenters.